The maximum absolute atomic E-state index is 13.1. The van der Waals surface area contributed by atoms with Gasteiger partial charge in [0.05, 0.1) is 24.4 Å². The lowest BCUT2D eigenvalue weighted by molar-refractivity contribution is -0.133. The van der Waals surface area contributed by atoms with Gasteiger partial charge in [0.15, 0.2) is 0 Å². The van der Waals surface area contributed by atoms with E-state index >= 15 is 0 Å². The van der Waals surface area contributed by atoms with Gasteiger partial charge in [-0.3, -0.25) is 9.69 Å². The van der Waals surface area contributed by atoms with Crippen LogP contribution in [0.1, 0.15) is 25.3 Å². The molecule has 0 bridgehead atoms. The summed E-state index contributed by atoms with van der Waals surface area (Å²) in [7, 11) is 1.46. The molecule has 142 valence electrons. The molecule has 3 aliphatic rings. The van der Waals surface area contributed by atoms with Crippen molar-refractivity contribution >= 4 is 17.6 Å². The largest absolute Gasteiger partial charge is 0.504 e. The third kappa shape index (κ3) is 2.51. The summed E-state index contributed by atoms with van der Waals surface area (Å²) in [5.74, 6) is -1.20. The smallest absolute Gasteiger partial charge is 0.335 e. The summed E-state index contributed by atoms with van der Waals surface area (Å²) in [6.07, 6.45) is 4.67. The van der Waals surface area contributed by atoms with Gasteiger partial charge in [-0.05, 0) is 31.4 Å². The Morgan fingerprint density at radius 1 is 1.41 bits per heavy atom. The number of fused-ring (bicyclic) bond motifs is 4. The van der Waals surface area contributed by atoms with Gasteiger partial charge >= 0.3 is 5.97 Å². The standard InChI is InChI=1S/C21H24N2O4/c1-3-13-11-23-9-8-21(16-6-4-5-7-17(16)22-20(21)26)18(23)10-14(13)15(12-27-2)19(24)25/h3-7,12,14,18H,8-11H2,1-2H3,(H,22,26)(H,24,25). The van der Waals surface area contributed by atoms with Crippen LogP contribution >= 0.6 is 0 Å². The highest BCUT2D eigenvalue weighted by Crippen LogP contribution is 2.52. The van der Waals surface area contributed by atoms with Crippen LogP contribution in [0.2, 0.25) is 0 Å². The monoisotopic (exact) mass is 368 g/mol. The molecule has 0 aliphatic carbocycles. The Morgan fingerprint density at radius 2 is 2.19 bits per heavy atom. The van der Waals surface area contributed by atoms with Crippen molar-refractivity contribution in [1.82, 2.24) is 4.90 Å². The van der Waals surface area contributed by atoms with Crippen molar-refractivity contribution < 1.29 is 19.4 Å². The summed E-state index contributed by atoms with van der Waals surface area (Å²) in [4.78, 5) is 27.3. The molecular formula is C21H24N2O4. The average molecular weight is 368 g/mol. The third-order valence-corrected chi connectivity index (χ3v) is 6.39. The fourth-order valence-corrected chi connectivity index (χ4v) is 5.16. The molecule has 27 heavy (non-hydrogen) atoms. The first-order valence-electron chi connectivity index (χ1n) is 9.29. The molecule has 3 unspecified atom stereocenters. The normalized spacial score (nSPS) is 31.7. The Balaban J connectivity index is 1.77. The third-order valence-electron chi connectivity index (χ3n) is 6.39. The maximum atomic E-state index is 13.1. The first-order chi connectivity index (χ1) is 13.0. The number of benzene rings is 1. The molecule has 0 aromatic heterocycles. The van der Waals surface area contributed by atoms with E-state index in [1.54, 1.807) is 0 Å². The van der Waals surface area contributed by atoms with E-state index in [4.69, 9.17) is 4.74 Å². The molecule has 6 nitrogen and oxygen atoms in total. The number of carbonyl (C=O) groups is 2. The van der Waals surface area contributed by atoms with Gasteiger partial charge in [-0.2, -0.15) is 0 Å². The number of nitrogens with zero attached hydrogens (tertiary/aromatic N) is 1. The van der Waals surface area contributed by atoms with E-state index in [1.807, 2.05) is 37.3 Å². The Morgan fingerprint density at radius 3 is 2.89 bits per heavy atom. The molecule has 1 spiro atoms. The second-order valence-corrected chi connectivity index (χ2v) is 7.47. The van der Waals surface area contributed by atoms with Gasteiger partial charge in [0, 0.05) is 30.7 Å². The van der Waals surface area contributed by atoms with Gasteiger partial charge < -0.3 is 15.2 Å². The van der Waals surface area contributed by atoms with Crippen LogP contribution in [0.4, 0.5) is 5.69 Å². The number of amides is 1. The van der Waals surface area contributed by atoms with Crippen LogP contribution in [0, 0.1) is 5.92 Å². The average Bonchev–Trinajstić information content (AvgIpc) is 3.18. The van der Waals surface area contributed by atoms with E-state index in [2.05, 4.69) is 10.2 Å². The van der Waals surface area contributed by atoms with Crippen LogP contribution in [0.25, 0.3) is 0 Å². The Bertz CT molecular complexity index is 859. The predicted octanol–water partition coefficient (Wildman–Crippen LogP) is 2.53. The summed E-state index contributed by atoms with van der Waals surface area (Å²) in [6.45, 7) is 3.45. The first kappa shape index (κ1) is 17.8. The van der Waals surface area contributed by atoms with Crippen molar-refractivity contribution in [2.24, 2.45) is 5.92 Å². The molecule has 1 amide bonds. The quantitative estimate of drug-likeness (QED) is 0.487. The second-order valence-electron chi connectivity index (χ2n) is 7.47. The molecule has 3 heterocycles. The van der Waals surface area contributed by atoms with Crippen molar-refractivity contribution in [2.75, 3.05) is 25.5 Å². The van der Waals surface area contributed by atoms with Crippen LogP contribution in [-0.4, -0.2) is 48.1 Å². The second kappa shape index (κ2) is 6.53. The number of nitrogens with one attached hydrogen (secondary N) is 1. The number of para-hydroxylation sites is 1. The number of carbonyl (C=O) groups excluding carboxylic acids is 1. The SMILES string of the molecule is CC=C1CN2CCC3(C(=O)Nc4ccccc43)C2CC1C(=COC)C(=O)O. The lowest BCUT2D eigenvalue weighted by atomic mass is 9.69. The van der Waals surface area contributed by atoms with Crippen molar-refractivity contribution in [2.45, 2.75) is 31.2 Å². The molecule has 6 heteroatoms. The lowest BCUT2D eigenvalue weighted by Gasteiger charge is -2.42. The van der Waals surface area contributed by atoms with Gasteiger partial charge in [0.25, 0.3) is 0 Å². The highest BCUT2D eigenvalue weighted by molar-refractivity contribution is 6.07. The number of aliphatic carboxylic acids is 1. The van der Waals surface area contributed by atoms with E-state index in [0.29, 0.717) is 13.0 Å². The molecule has 2 saturated heterocycles. The first-order valence-corrected chi connectivity index (χ1v) is 9.29. The molecule has 0 saturated carbocycles. The Hall–Kier alpha value is -2.60. The van der Waals surface area contributed by atoms with E-state index < -0.39 is 11.4 Å². The number of anilines is 1. The minimum atomic E-state index is -0.974. The highest BCUT2D eigenvalue weighted by atomic mass is 16.5. The molecule has 1 aromatic rings. The molecule has 3 atom stereocenters. The number of piperidine rings is 1. The molecule has 0 radical (unpaired) electrons. The predicted molar refractivity (Wildman–Crippen MR) is 101 cm³/mol. The van der Waals surface area contributed by atoms with Crippen LogP contribution in [0.15, 0.2) is 47.7 Å². The Labute approximate surface area is 158 Å². The number of carboxylic acid groups (broad SMARTS) is 1. The molecule has 2 fully saturated rings. The summed E-state index contributed by atoms with van der Waals surface area (Å²) in [5, 5.41) is 12.8. The minimum Gasteiger partial charge on any atom is -0.504 e. The van der Waals surface area contributed by atoms with Crippen molar-refractivity contribution in [3.05, 3.63) is 53.3 Å². The van der Waals surface area contributed by atoms with Gasteiger partial charge in [-0.15, -0.1) is 0 Å². The van der Waals surface area contributed by atoms with Crippen LogP contribution < -0.4 is 5.32 Å². The molecule has 2 N–H and O–H groups in total. The number of ether oxygens (including phenoxy) is 1. The van der Waals surface area contributed by atoms with Crippen molar-refractivity contribution in [1.29, 1.82) is 0 Å². The van der Waals surface area contributed by atoms with E-state index in [1.165, 1.54) is 13.4 Å². The van der Waals surface area contributed by atoms with Crippen molar-refractivity contribution in [3.8, 4) is 0 Å². The van der Waals surface area contributed by atoms with Crippen molar-refractivity contribution in [3.63, 3.8) is 0 Å². The van der Waals surface area contributed by atoms with Crippen LogP contribution in [-0.2, 0) is 19.7 Å². The fraction of sp³-hybridized carbons (Fsp3) is 0.429. The Kier molecular flexibility index (Phi) is 4.30. The minimum absolute atomic E-state index is 0.0329. The molecule has 1 aromatic carbocycles. The fourth-order valence-electron chi connectivity index (χ4n) is 5.16. The van der Waals surface area contributed by atoms with Gasteiger partial charge in [0.1, 0.15) is 0 Å². The number of methoxy groups -OCH3 is 1. The lowest BCUT2D eigenvalue weighted by Crippen LogP contribution is -2.51. The number of rotatable bonds is 3. The number of hydrogen-bond donors (Lipinski definition) is 2. The van der Waals surface area contributed by atoms with E-state index in [9.17, 15) is 14.7 Å². The van der Waals surface area contributed by atoms with Crippen LogP contribution in [0.5, 0.6) is 0 Å². The summed E-state index contributed by atoms with van der Waals surface area (Å²) < 4.78 is 5.05. The van der Waals surface area contributed by atoms with Gasteiger partial charge in [-0.25, -0.2) is 4.79 Å². The van der Waals surface area contributed by atoms with Gasteiger partial charge in [0.2, 0.25) is 5.91 Å². The highest BCUT2D eigenvalue weighted by Gasteiger charge is 2.59. The summed E-state index contributed by atoms with van der Waals surface area (Å²) in [6, 6.07) is 7.83. The van der Waals surface area contributed by atoms with Crippen LogP contribution in [0.3, 0.4) is 0 Å². The van der Waals surface area contributed by atoms with Gasteiger partial charge in [-0.1, -0.05) is 29.8 Å². The molecular weight excluding hydrogens is 344 g/mol. The maximum Gasteiger partial charge on any atom is 0.335 e. The molecule has 4 rings (SSSR count). The molecule has 3 aliphatic heterocycles. The number of hydrogen-bond acceptors (Lipinski definition) is 4. The van der Waals surface area contributed by atoms with E-state index in [-0.39, 0.29) is 23.4 Å². The summed E-state index contributed by atoms with van der Waals surface area (Å²) in [5.41, 5.74) is 2.63. The summed E-state index contributed by atoms with van der Waals surface area (Å²) >= 11 is 0. The zero-order chi connectivity index (χ0) is 19.2. The number of allylic oxidation sites excluding steroid dienone is 1. The van der Waals surface area contributed by atoms with E-state index in [0.717, 1.165) is 29.8 Å². The zero-order valence-electron chi connectivity index (χ0n) is 15.6. The number of carboxylic acids is 1. The zero-order valence-corrected chi connectivity index (χ0v) is 15.6. The topological polar surface area (TPSA) is 78.9 Å².